The van der Waals surface area contributed by atoms with Crippen molar-refractivity contribution in [3.8, 4) is 11.6 Å². The molecule has 2 unspecified atom stereocenters. The van der Waals surface area contributed by atoms with Gasteiger partial charge in [0.25, 0.3) is 5.91 Å². The number of halogens is 2. The lowest BCUT2D eigenvalue weighted by Gasteiger charge is -2.51. The molecule has 3 saturated heterocycles. The van der Waals surface area contributed by atoms with Gasteiger partial charge in [-0.2, -0.15) is 0 Å². The molecular weight excluding hydrogens is 586 g/mol. The molecule has 0 spiro atoms. The highest BCUT2D eigenvalue weighted by Gasteiger charge is 2.42. The zero-order valence-corrected chi connectivity index (χ0v) is 24.3. The first-order valence-electron chi connectivity index (χ1n) is 13.0. The van der Waals surface area contributed by atoms with E-state index in [1.807, 2.05) is 27.8 Å². The number of fused-ring (bicyclic) bond motifs is 4. The van der Waals surface area contributed by atoms with Gasteiger partial charge in [0.15, 0.2) is 5.69 Å². The van der Waals surface area contributed by atoms with E-state index in [-0.39, 0.29) is 23.4 Å². The molecule has 4 aromatic rings. The number of hydrogen-bond donors (Lipinski definition) is 0. The van der Waals surface area contributed by atoms with Crippen LogP contribution < -0.4 is 4.74 Å². The number of piperidine rings is 2. The number of ether oxygens (including phenoxy) is 1. The van der Waals surface area contributed by atoms with E-state index < -0.39 is 0 Å². The van der Waals surface area contributed by atoms with E-state index in [2.05, 4.69) is 62.1 Å². The number of hydrogen-bond acceptors (Lipinski definition) is 8. The van der Waals surface area contributed by atoms with E-state index in [1.54, 1.807) is 12.3 Å². The Balaban J connectivity index is 1.21. The number of piperazine rings is 1. The van der Waals surface area contributed by atoms with Gasteiger partial charge in [-0.1, -0.05) is 42.7 Å². The van der Waals surface area contributed by atoms with Gasteiger partial charge in [0, 0.05) is 56.1 Å². The molecule has 1 aromatic carbocycles. The van der Waals surface area contributed by atoms with Crippen LogP contribution in [0.25, 0.3) is 11.0 Å². The molecule has 39 heavy (non-hydrogen) atoms. The van der Waals surface area contributed by atoms with Crippen LogP contribution in [0.15, 0.2) is 45.7 Å². The highest BCUT2D eigenvalue weighted by molar-refractivity contribution is 9.10. The van der Waals surface area contributed by atoms with Crippen molar-refractivity contribution in [1.82, 2.24) is 34.9 Å². The standard InChI is InChI=1S/C27H29BrClN7O3/c1-27(2,3)15-36-21-6-7-22(23(28)24(21)31-33-36)39-25-16(10-17(29)11-30-25)12-34-13-19-5-4-18(34)14-35(19)26(37)20-8-9-38-32-20/h6-11,18-19H,4-5,12-15H2,1-3H3. The van der Waals surface area contributed by atoms with Crippen molar-refractivity contribution in [1.29, 1.82) is 0 Å². The van der Waals surface area contributed by atoms with E-state index in [4.69, 9.17) is 20.9 Å². The summed E-state index contributed by atoms with van der Waals surface area (Å²) in [4.78, 5) is 21.8. The minimum absolute atomic E-state index is 0.0682. The average Bonchev–Trinajstić information content (AvgIpc) is 3.57. The average molecular weight is 615 g/mol. The Bertz CT molecular complexity index is 1520. The maximum atomic E-state index is 12.9. The van der Waals surface area contributed by atoms with Crippen LogP contribution in [-0.2, 0) is 13.1 Å². The zero-order valence-electron chi connectivity index (χ0n) is 22.0. The molecule has 1 amide bonds. The van der Waals surface area contributed by atoms with Gasteiger partial charge in [0.05, 0.1) is 15.0 Å². The second-order valence-corrected chi connectivity index (χ2v) is 12.7. The lowest BCUT2D eigenvalue weighted by Crippen LogP contribution is -2.63. The van der Waals surface area contributed by atoms with Crippen LogP contribution >= 0.6 is 27.5 Å². The largest absolute Gasteiger partial charge is 0.437 e. The lowest BCUT2D eigenvalue weighted by molar-refractivity contribution is -0.0161. The molecule has 204 valence electrons. The van der Waals surface area contributed by atoms with E-state index >= 15 is 0 Å². The van der Waals surface area contributed by atoms with Crippen LogP contribution in [0.3, 0.4) is 0 Å². The van der Waals surface area contributed by atoms with Gasteiger partial charge in [0.2, 0.25) is 5.88 Å². The zero-order chi connectivity index (χ0) is 27.3. The Morgan fingerprint density at radius 1 is 1.21 bits per heavy atom. The summed E-state index contributed by atoms with van der Waals surface area (Å²) in [7, 11) is 0. The van der Waals surface area contributed by atoms with E-state index in [0.717, 1.165) is 47.0 Å². The van der Waals surface area contributed by atoms with Gasteiger partial charge in [-0.15, -0.1) is 5.10 Å². The summed E-state index contributed by atoms with van der Waals surface area (Å²) in [5.74, 6) is 1.01. The first-order chi connectivity index (χ1) is 18.7. The van der Waals surface area contributed by atoms with Crippen LogP contribution in [0.4, 0.5) is 0 Å². The molecule has 7 rings (SSSR count). The van der Waals surface area contributed by atoms with Crippen molar-refractivity contribution in [3.05, 3.63) is 57.5 Å². The quantitative estimate of drug-likeness (QED) is 0.278. The summed E-state index contributed by atoms with van der Waals surface area (Å²) in [5, 5.41) is 13.1. The highest BCUT2D eigenvalue weighted by Crippen LogP contribution is 2.38. The Labute approximate surface area is 239 Å². The summed E-state index contributed by atoms with van der Waals surface area (Å²) >= 11 is 10.0. The number of rotatable bonds is 6. The molecule has 3 aromatic heterocycles. The molecule has 6 heterocycles. The van der Waals surface area contributed by atoms with Crippen molar-refractivity contribution in [3.63, 3.8) is 0 Å². The Morgan fingerprint density at radius 2 is 2.03 bits per heavy atom. The van der Waals surface area contributed by atoms with Gasteiger partial charge in [-0.3, -0.25) is 9.69 Å². The molecule has 3 aliphatic heterocycles. The minimum Gasteiger partial charge on any atom is -0.437 e. The summed E-state index contributed by atoms with van der Waals surface area (Å²) < 4.78 is 13.9. The third-order valence-corrected chi connectivity index (χ3v) is 8.22. The van der Waals surface area contributed by atoms with Crippen molar-refractivity contribution in [2.75, 3.05) is 13.1 Å². The molecule has 0 radical (unpaired) electrons. The SMILES string of the molecule is CC(C)(C)Cn1nnc2c(Br)c(Oc3ncc(Cl)cc3CN3CC4CCC3CN4C(=O)c3ccon3)ccc21. The molecule has 2 bridgehead atoms. The predicted molar refractivity (Wildman–Crippen MR) is 149 cm³/mol. The van der Waals surface area contributed by atoms with Crippen LogP contribution in [-0.4, -0.2) is 66.0 Å². The van der Waals surface area contributed by atoms with Gasteiger partial charge >= 0.3 is 0 Å². The monoisotopic (exact) mass is 613 g/mol. The smallest absolute Gasteiger partial charge is 0.276 e. The first kappa shape index (κ1) is 26.2. The predicted octanol–water partition coefficient (Wildman–Crippen LogP) is 5.56. The lowest BCUT2D eigenvalue weighted by atomic mass is 9.90. The number of amides is 1. The second-order valence-electron chi connectivity index (χ2n) is 11.4. The second kappa shape index (κ2) is 10.2. The van der Waals surface area contributed by atoms with Gasteiger partial charge in [-0.25, -0.2) is 9.67 Å². The highest BCUT2D eigenvalue weighted by atomic mass is 79.9. The molecular formula is C27H29BrClN7O3. The maximum absolute atomic E-state index is 12.9. The van der Waals surface area contributed by atoms with Crippen LogP contribution in [0.2, 0.25) is 5.02 Å². The van der Waals surface area contributed by atoms with Crippen molar-refractivity contribution in [2.45, 2.75) is 58.8 Å². The number of carbonyl (C=O) groups is 1. The number of nitrogens with zero attached hydrogens (tertiary/aromatic N) is 7. The van der Waals surface area contributed by atoms with E-state index in [9.17, 15) is 4.79 Å². The normalized spacial score (nSPS) is 19.7. The number of carbonyl (C=O) groups excluding carboxylic acids is 1. The molecule has 0 N–H and O–H groups in total. The Kier molecular flexibility index (Phi) is 6.84. The van der Waals surface area contributed by atoms with E-state index in [1.165, 1.54) is 6.26 Å². The molecule has 3 fully saturated rings. The fourth-order valence-electron chi connectivity index (χ4n) is 5.46. The molecule has 3 aliphatic rings. The summed E-state index contributed by atoms with van der Waals surface area (Å²) in [5.41, 5.74) is 2.97. The minimum atomic E-state index is -0.0776. The molecule has 0 saturated carbocycles. The van der Waals surface area contributed by atoms with Gasteiger partial charge < -0.3 is 14.2 Å². The van der Waals surface area contributed by atoms with Crippen LogP contribution in [0.1, 0.15) is 49.7 Å². The summed E-state index contributed by atoms with van der Waals surface area (Å²) in [6, 6.07) is 7.73. The van der Waals surface area contributed by atoms with Crippen molar-refractivity contribution >= 4 is 44.5 Å². The number of benzene rings is 1. The van der Waals surface area contributed by atoms with Crippen LogP contribution in [0, 0.1) is 5.41 Å². The first-order valence-corrected chi connectivity index (χ1v) is 14.1. The van der Waals surface area contributed by atoms with Crippen molar-refractivity contribution < 1.29 is 14.1 Å². The summed E-state index contributed by atoms with van der Waals surface area (Å²) in [6.45, 7) is 9.26. The molecule has 12 heteroatoms. The van der Waals surface area contributed by atoms with Crippen molar-refractivity contribution in [2.24, 2.45) is 5.41 Å². The van der Waals surface area contributed by atoms with Gasteiger partial charge in [-0.05, 0) is 52.4 Å². The molecule has 2 atom stereocenters. The Morgan fingerprint density at radius 3 is 2.74 bits per heavy atom. The number of aromatic nitrogens is 5. The number of pyridine rings is 1. The molecule has 0 aliphatic carbocycles. The third-order valence-electron chi connectivity index (χ3n) is 7.25. The molecule has 10 nitrogen and oxygen atoms in total. The van der Waals surface area contributed by atoms with Gasteiger partial charge in [0.1, 0.15) is 17.5 Å². The topological polar surface area (TPSA) is 102 Å². The summed E-state index contributed by atoms with van der Waals surface area (Å²) in [6.07, 6.45) is 5.00. The van der Waals surface area contributed by atoms with E-state index in [0.29, 0.717) is 35.4 Å². The third kappa shape index (κ3) is 5.27. The Hall–Kier alpha value is -3.02. The fourth-order valence-corrected chi connectivity index (χ4v) is 6.13. The fraction of sp³-hybridized carbons (Fsp3) is 0.444. The maximum Gasteiger partial charge on any atom is 0.276 e. The van der Waals surface area contributed by atoms with Crippen LogP contribution in [0.5, 0.6) is 11.6 Å².